The Morgan fingerprint density at radius 1 is 1.37 bits per heavy atom. The molecule has 0 spiro atoms. The number of amides is 1. The molecule has 0 radical (unpaired) electrons. The molecule has 2 rings (SSSR count). The molecule has 0 unspecified atom stereocenters. The lowest BCUT2D eigenvalue weighted by atomic mass is 9.74. The maximum absolute atomic E-state index is 11.3. The Balaban J connectivity index is 2.06. The third-order valence-electron chi connectivity index (χ3n) is 3.32. The van der Waals surface area contributed by atoms with Crippen LogP contribution in [0.15, 0.2) is 12.1 Å². The van der Waals surface area contributed by atoms with Crippen molar-refractivity contribution in [2.45, 2.75) is 31.2 Å². The summed E-state index contributed by atoms with van der Waals surface area (Å²) in [4.78, 5) is 22.2. The van der Waals surface area contributed by atoms with Crippen molar-refractivity contribution in [2.24, 2.45) is 0 Å². The lowest BCUT2D eigenvalue weighted by molar-refractivity contribution is -0.138. The number of hydrogen-bond acceptors (Lipinski definition) is 5. The Kier molecular flexibility index (Phi) is 3.64. The Morgan fingerprint density at radius 3 is 2.53 bits per heavy atom. The summed E-state index contributed by atoms with van der Waals surface area (Å²) in [5, 5.41) is 22.2. The van der Waals surface area contributed by atoms with E-state index in [1.165, 1.54) is 7.05 Å². The molecule has 0 aromatic carbocycles. The Morgan fingerprint density at radius 2 is 2.11 bits per heavy atom. The number of carboxylic acid groups (broad SMARTS) is 1. The molecule has 1 fully saturated rings. The Hall–Kier alpha value is -2.18. The van der Waals surface area contributed by atoms with Crippen LogP contribution in [0.25, 0.3) is 0 Å². The van der Waals surface area contributed by atoms with Gasteiger partial charge < -0.3 is 15.7 Å². The summed E-state index contributed by atoms with van der Waals surface area (Å²) in [5.74, 6) is -0.640. The molecule has 3 N–H and O–H groups in total. The van der Waals surface area contributed by atoms with E-state index in [2.05, 4.69) is 20.8 Å². The van der Waals surface area contributed by atoms with Gasteiger partial charge in [-0.05, 0) is 31.4 Å². The van der Waals surface area contributed by atoms with Crippen LogP contribution in [0.5, 0.6) is 0 Å². The highest BCUT2D eigenvalue weighted by molar-refractivity contribution is 5.91. The summed E-state index contributed by atoms with van der Waals surface area (Å²) in [6.45, 7) is 0. The van der Waals surface area contributed by atoms with Crippen molar-refractivity contribution in [2.75, 3.05) is 12.4 Å². The molecule has 7 nitrogen and oxygen atoms in total. The van der Waals surface area contributed by atoms with Gasteiger partial charge in [0.1, 0.15) is 5.82 Å². The van der Waals surface area contributed by atoms with Gasteiger partial charge in [-0.1, -0.05) is 0 Å². The first-order chi connectivity index (χ1) is 9.04. The molecule has 1 aromatic heterocycles. The summed E-state index contributed by atoms with van der Waals surface area (Å²) < 4.78 is 0. The van der Waals surface area contributed by atoms with Crippen molar-refractivity contribution in [1.29, 1.82) is 0 Å². The van der Waals surface area contributed by atoms with Crippen LogP contribution in [-0.2, 0) is 4.79 Å². The molecule has 1 aliphatic rings. The zero-order valence-electron chi connectivity index (χ0n) is 10.6. The van der Waals surface area contributed by atoms with Crippen molar-refractivity contribution in [3.05, 3.63) is 17.8 Å². The number of anilines is 1. The van der Waals surface area contributed by atoms with Gasteiger partial charge in [-0.15, -0.1) is 10.2 Å². The monoisotopic (exact) mass is 264 g/mol. The minimum Gasteiger partial charge on any atom is -0.481 e. The van der Waals surface area contributed by atoms with E-state index in [0.717, 1.165) is 19.3 Å². The number of nitrogens with zero attached hydrogens (tertiary/aromatic N) is 2. The molecule has 0 aliphatic heterocycles. The molecule has 0 saturated heterocycles. The summed E-state index contributed by atoms with van der Waals surface area (Å²) in [7, 11) is 1.52. The first kappa shape index (κ1) is 13.3. The van der Waals surface area contributed by atoms with Crippen LogP contribution >= 0.6 is 0 Å². The Bertz CT molecular complexity index is 482. The number of carbonyl (C=O) groups is 2. The third-order valence-corrected chi connectivity index (χ3v) is 3.32. The largest absolute Gasteiger partial charge is 0.481 e. The summed E-state index contributed by atoms with van der Waals surface area (Å²) in [6, 6.07) is 3.20. The normalized spacial score (nSPS) is 16.3. The van der Waals surface area contributed by atoms with Crippen LogP contribution in [-0.4, -0.2) is 39.8 Å². The van der Waals surface area contributed by atoms with Crippen molar-refractivity contribution >= 4 is 17.7 Å². The zero-order chi connectivity index (χ0) is 13.9. The van der Waals surface area contributed by atoms with Crippen molar-refractivity contribution in [1.82, 2.24) is 15.5 Å². The molecule has 0 atom stereocenters. The molecule has 1 saturated carbocycles. The van der Waals surface area contributed by atoms with E-state index in [1.54, 1.807) is 12.1 Å². The van der Waals surface area contributed by atoms with Crippen molar-refractivity contribution in [3.63, 3.8) is 0 Å². The lowest BCUT2D eigenvalue weighted by Gasteiger charge is -2.41. The molecule has 0 bridgehead atoms. The highest BCUT2D eigenvalue weighted by Gasteiger charge is 2.39. The van der Waals surface area contributed by atoms with Crippen LogP contribution in [0.1, 0.15) is 36.2 Å². The van der Waals surface area contributed by atoms with Crippen LogP contribution < -0.4 is 10.6 Å². The molecule has 19 heavy (non-hydrogen) atoms. The van der Waals surface area contributed by atoms with Crippen LogP contribution in [0.2, 0.25) is 0 Å². The molecular weight excluding hydrogens is 248 g/mol. The topological polar surface area (TPSA) is 104 Å². The minimum atomic E-state index is -0.831. The highest BCUT2D eigenvalue weighted by atomic mass is 16.4. The van der Waals surface area contributed by atoms with Gasteiger partial charge in [0.15, 0.2) is 5.69 Å². The second kappa shape index (κ2) is 5.21. The number of aromatic nitrogens is 2. The number of carboxylic acids is 1. The third kappa shape index (κ3) is 2.98. The minimum absolute atomic E-state index is 0.0614. The predicted molar refractivity (Wildman–Crippen MR) is 67.9 cm³/mol. The van der Waals surface area contributed by atoms with E-state index in [4.69, 9.17) is 5.11 Å². The summed E-state index contributed by atoms with van der Waals surface area (Å²) in [6.07, 6.45) is 2.67. The maximum atomic E-state index is 11.3. The van der Waals surface area contributed by atoms with Gasteiger partial charge in [0.05, 0.1) is 6.42 Å². The van der Waals surface area contributed by atoms with Crippen LogP contribution in [0, 0.1) is 0 Å². The van der Waals surface area contributed by atoms with E-state index >= 15 is 0 Å². The maximum Gasteiger partial charge on any atom is 0.305 e. The predicted octanol–water partition coefficient (Wildman–Crippen LogP) is 0.645. The highest BCUT2D eigenvalue weighted by Crippen LogP contribution is 2.37. The zero-order valence-corrected chi connectivity index (χ0v) is 10.6. The van der Waals surface area contributed by atoms with E-state index in [9.17, 15) is 9.59 Å². The van der Waals surface area contributed by atoms with Gasteiger partial charge in [-0.25, -0.2) is 0 Å². The number of hydrogen-bond donors (Lipinski definition) is 3. The fourth-order valence-corrected chi connectivity index (χ4v) is 2.16. The number of carbonyl (C=O) groups excluding carboxylic acids is 1. The summed E-state index contributed by atoms with van der Waals surface area (Å²) in [5.41, 5.74) is -0.191. The second-order valence-electron chi connectivity index (χ2n) is 4.71. The fourth-order valence-electron chi connectivity index (χ4n) is 2.16. The molecule has 1 heterocycles. The standard InChI is InChI=1S/C12H16N4O3/c1-13-11(19)8-3-4-9(16-15-8)14-12(5-2-6-12)7-10(17)18/h3-4H,2,5-7H2,1H3,(H,13,19)(H,14,16)(H,17,18). The molecule has 1 amide bonds. The van der Waals surface area contributed by atoms with Gasteiger partial charge in [-0.2, -0.15) is 0 Å². The average Bonchev–Trinajstić information content (AvgIpc) is 2.35. The number of nitrogens with one attached hydrogen (secondary N) is 2. The van der Waals surface area contributed by atoms with Gasteiger partial charge in [0.2, 0.25) is 0 Å². The molecular formula is C12H16N4O3. The first-order valence-corrected chi connectivity index (χ1v) is 6.10. The number of rotatable bonds is 5. The van der Waals surface area contributed by atoms with E-state index in [1.807, 2.05) is 0 Å². The van der Waals surface area contributed by atoms with Crippen molar-refractivity contribution in [3.8, 4) is 0 Å². The van der Waals surface area contributed by atoms with Gasteiger partial charge in [-0.3, -0.25) is 9.59 Å². The van der Waals surface area contributed by atoms with Crippen LogP contribution in [0.3, 0.4) is 0 Å². The van der Waals surface area contributed by atoms with E-state index in [-0.39, 0.29) is 18.0 Å². The SMILES string of the molecule is CNC(=O)c1ccc(NC2(CC(=O)O)CCC2)nn1. The summed E-state index contributed by atoms with van der Waals surface area (Å²) >= 11 is 0. The lowest BCUT2D eigenvalue weighted by Crippen LogP contribution is -2.47. The van der Waals surface area contributed by atoms with Crippen LogP contribution in [0.4, 0.5) is 5.82 Å². The molecule has 1 aromatic rings. The molecule has 1 aliphatic carbocycles. The van der Waals surface area contributed by atoms with Gasteiger partial charge in [0.25, 0.3) is 5.91 Å². The fraction of sp³-hybridized carbons (Fsp3) is 0.500. The van der Waals surface area contributed by atoms with Gasteiger partial charge >= 0.3 is 5.97 Å². The van der Waals surface area contributed by atoms with E-state index < -0.39 is 11.5 Å². The average molecular weight is 264 g/mol. The van der Waals surface area contributed by atoms with Crippen molar-refractivity contribution < 1.29 is 14.7 Å². The Labute approximate surface area is 110 Å². The smallest absolute Gasteiger partial charge is 0.305 e. The first-order valence-electron chi connectivity index (χ1n) is 6.10. The van der Waals surface area contributed by atoms with Gasteiger partial charge in [0, 0.05) is 12.6 Å². The van der Waals surface area contributed by atoms with E-state index in [0.29, 0.717) is 5.82 Å². The number of aliphatic carboxylic acids is 1. The quantitative estimate of drug-likeness (QED) is 0.721. The second-order valence-corrected chi connectivity index (χ2v) is 4.71. The molecule has 102 valence electrons. The molecule has 7 heteroatoms.